The molecule has 1 N–H and O–H groups in total. The molecule has 2 aliphatic rings. The van der Waals surface area contributed by atoms with Gasteiger partial charge in [-0.05, 0) is 34.5 Å². The van der Waals surface area contributed by atoms with Crippen LogP contribution in [0.1, 0.15) is 0 Å². The lowest BCUT2D eigenvalue weighted by atomic mass is 9.99. The maximum atomic E-state index is 10.6. The molecule has 0 saturated carbocycles. The van der Waals surface area contributed by atoms with E-state index in [0.717, 1.165) is 67.0 Å². The monoisotopic (exact) mass is 420 g/mol. The second-order valence-electron chi connectivity index (χ2n) is 8.32. The van der Waals surface area contributed by atoms with Gasteiger partial charge in [0, 0.05) is 38.3 Å². The molecule has 162 valence electrons. The van der Waals surface area contributed by atoms with Crippen LogP contribution in [-0.4, -0.2) is 89.8 Å². The van der Waals surface area contributed by atoms with Crippen LogP contribution in [0.5, 0.6) is 5.75 Å². The second-order valence-corrected chi connectivity index (χ2v) is 8.32. The number of rotatable bonds is 7. The summed E-state index contributed by atoms with van der Waals surface area (Å²) in [6.45, 7) is 6.64. The third-order valence-corrected chi connectivity index (χ3v) is 6.19. The first-order valence-corrected chi connectivity index (χ1v) is 10.9. The highest BCUT2D eigenvalue weighted by Gasteiger charge is 2.29. The smallest absolute Gasteiger partial charge is 0.120 e. The van der Waals surface area contributed by atoms with Gasteiger partial charge in [-0.15, -0.1) is 0 Å². The highest BCUT2D eigenvalue weighted by Crippen LogP contribution is 2.32. The predicted molar refractivity (Wildman–Crippen MR) is 119 cm³/mol. The number of ether oxygens (including phenoxy) is 2. The Labute approximate surface area is 182 Å². The van der Waals surface area contributed by atoms with Crippen molar-refractivity contribution in [2.24, 2.45) is 0 Å². The molecular formula is C24H28N4O3. The van der Waals surface area contributed by atoms with Gasteiger partial charge in [-0.25, -0.2) is 0 Å². The predicted octanol–water partition coefficient (Wildman–Crippen LogP) is 2.05. The van der Waals surface area contributed by atoms with Crippen LogP contribution >= 0.6 is 0 Å². The zero-order valence-corrected chi connectivity index (χ0v) is 17.6. The van der Waals surface area contributed by atoms with Crippen molar-refractivity contribution in [1.82, 2.24) is 20.0 Å². The van der Waals surface area contributed by atoms with E-state index in [4.69, 9.17) is 9.47 Å². The van der Waals surface area contributed by atoms with Crippen molar-refractivity contribution < 1.29 is 14.6 Å². The van der Waals surface area contributed by atoms with E-state index in [1.807, 2.05) is 30.3 Å². The maximum absolute atomic E-state index is 10.6. The molecule has 2 saturated heterocycles. The van der Waals surface area contributed by atoms with E-state index < -0.39 is 6.10 Å². The van der Waals surface area contributed by atoms with Gasteiger partial charge in [0.25, 0.3) is 0 Å². The summed E-state index contributed by atoms with van der Waals surface area (Å²) in [5.41, 5.74) is 2.04. The van der Waals surface area contributed by atoms with E-state index in [9.17, 15) is 5.11 Å². The first-order chi connectivity index (χ1) is 15.3. The largest absolute Gasteiger partial charge is 0.491 e. The molecule has 0 radical (unpaired) electrons. The Hall–Kier alpha value is -2.58. The SMILES string of the molecule is OC(COc1cc(-c2ccnnc2)c2ccccc2c1)CN1CCN(C2COC2)CC1. The summed E-state index contributed by atoms with van der Waals surface area (Å²) in [4.78, 5) is 4.81. The minimum Gasteiger partial charge on any atom is -0.491 e. The normalized spacial score (nSPS) is 19.3. The van der Waals surface area contributed by atoms with Crippen molar-refractivity contribution in [1.29, 1.82) is 0 Å². The Morgan fingerprint density at radius 1 is 1.06 bits per heavy atom. The van der Waals surface area contributed by atoms with Crippen LogP contribution in [0.4, 0.5) is 0 Å². The minimum atomic E-state index is -0.531. The number of aliphatic hydroxyl groups excluding tert-OH is 1. The Morgan fingerprint density at radius 3 is 2.65 bits per heavy atom. The average Bonchev–Trinajstić information content (AvgIpc) is 2.78. The lowest BCUT2D eigenvalue weighted by Crippen LogP contribution is -2.57. The first kappa shape index (κ1) is 20.3. The van der Waals surface area contributed by atoms with Gasteiger partial charge >= 0.3 is 0 Å². The van der Waals surface area contributed by atoms with E-state index in [1.165, 1.54) is 0 Å². The van der Waals surface area contributed by atoms with Crippen molar-refractivity contribution in [2.75, 3.05) is 52.5 Å². The van der Waals surface area contributed by atoms with Gasteiger partial charge in [0.05, 0.1) is 31.6 Å². The third-order valence-electron chi connectivity index (χ3n) is 6.19. The Bertz CT molecular complexity index is 1000. The van der Waals surface area contributed by atoms with Crippen LogP contribution in [0.15, 0.2) is 54.9 Å². The fraction of sp³-hybridized carbons (Fsp3) is 0.417. The van der Waals surface area contributed by atoms with E-state index in [0.29, 0.717) is 12.6 Å². The number of β-amino-alcohol motifs (C(OH)–C–C–N with tert-alkyl or cyclic N) is 1. The topological polar surface area (TPSA) is 71.0 Å². The molecule has 3 heterocycles. The van der Waals surface area contributed by atoms with Crippen molar-refractivity contribution >= 4 is 10.8 Å². The third kappa shape index (κ3) is 4.70. The van der Waals surface area contributed by atoms with Gasteiger partial charge in [0.2, 0.25) is 0 Å². The summed E-state index contributed by atoms with van der Waals surface area (Å²) in [5, 5.41) is 20.7. The maximum Gasteiger partial charge on any atom is 0.120 e. The molecular weight excluding hydrogens is 392 g/mol. The highest BCUT2D eigenvalue weighted by atomic mass is 16.5. The van der Waals surface area contributed by atoms with Crippen LogP contribution < -0.4 is 4.74 Å². The highest BCUT2D eigenvalue weighted by molar-refractivity contribution is 5.97. The fourth-order valence-corrected chi connectivity index (χ4v) is 4.34. The van der Waals surface area contributed by atoms with E-state index in [2.05, 4.69) is 32.1 Å². The molecule has 5 rings (SSSR count). The van der Waals surface area contributed by atoms with Gasteiger partial charge in [-0.2, -0.15) is 10.2 Å². The molecule has 0 spiro atoms. The molecule has 3 aromatic rings. The van der Waals surface area contributed by atoms with Gasteiger partial charge in [0.15, 0.2) is 0 Å². The zero-order valence-electron chi connectivity index (χ0n) is 17.6. The Kier molecular flexibility index (Phi) is 6.08. The first-order valence-electron chi connectivity index (χ1n) is 10.9. The van der Waals surface area contributed by atoms with Gasteiger partial charge in [0.1, 0.15) is 18.5 Å². The van der Waals surface area contributed by atoms with E-state index in [1.54, 1.807) is 12.4 Å². The lowest BCUT2D eigenvalue weighted by molar-refractivity contribution is -0.0793. The standard InChI is InChI=1S/C24H28N4O3/c29-21(14-27-7-9-28(10-8-27)20-15-30-16-20)17-31-22-11-18-3-1-2-4-23(18)24(12-22)19-5-6-25-26-13-19/h1-6,11-13,20-21,29H,7-10,14-17H2. The molecule has 0 bridgehead atoms. The molecule has 7 heteroatoms. The number of hydrogen-bond donors (Lipinski definition) is 1. The molecule has 2 aliphatic heterocycles. The Balaban J connectivity index is 1.21. The zero-order chi connectivity index (χ0) is 21.0. The van der Waals surface area contributed by atoms with Crippen LogP contribution in [-0.2, 0) is 4.74 Å². The van der Waals surface area contributed by atoms with Crippen LogP contribution in [0, 0.1) is 0 Å². The molecule has 0 aliphatic carbocycles. The van der Waals surface area contributed by atoms with Gasteiger partial charge in [-0.3, -0.25) is 9.80 Å². The second kappa shape index (κ2) is 9.28. The summed E-state index contributed by atoms with van der Waals surface area (Å²) >= 11 is 0. The average molecular weight is 421 g/mol. The molecule has 1 atom stereocenters. The molecule has 1 unspecified atom stereocenters. The number of fused-ring (bicyclic) bond motifs is 1. The molecule has 1 aromatic heterocycles. The molecule has 7 nitrogen and oxygen atoms in total. The van der Waals surface area contributed by atoms with Crippen molar-refractivity contribution in [3.05, 3.63) is 54.9 Å². The van der Waals surface area contributed by atoms with E-state index >= 15 is 0 Å². The number of piperazine rings is 1. The van der Waals surface area contributed by atoms with Crippen LogP contribution in [0.2, 0.25) is 0 Å². The molecule has 0 amide bonds. The number of nitrogens with zero attached hydrogens (tertiary/aromatic N) is 4. The molecule has 31 heavy (non-hydrogen) atoms. The van der Waals surface area contributed by atoms with Gasteiger partial charge in [-0.1, -0.05) is 24.3 Å². The minimum absolute atomic E-state index is 0.267. The summed E-state index contributed by atoms with van der Waals surface area (Å²) in [5.74, 6) is 0.749. The summed E-state index contributed by atoms with van der Waals surface area (Å²) in [7, 11) is 0. The number of benzene rings is 2. The number of aliphatic hydroxyl groups is 1. The van der Waals surface area contributed by atoms with Crippen molar-refractivity contribution in [2.45, 2.75) is 12.1 Å². The number of aromatic nitrogens is 2. The summed E-state index contributed by atoms with van der Waals surface area (Å²) in [6, 6.07) is 14.8. The van der Waals surface area contributed by atoms with Crippen LogP contribution in [0.3, 0.4) is 0 Å². The van der Waals surface area contributed by atoms with Crippen molar-refractivity contribution in [3.8, 4) is 16.9 Å². The fourth-order valence-electron chi connectivity index (χ4n) is 4.34. The van der Waals surface area contributed by atoms with Crippen LogP contribution in [0.25, 0.3) is 21.9 Å². The lowest BCUT2D eigenvalue weighted by Gasteiger charge is -2.42. The molecule has 2 fully saturated rings. The van der Waals surface area contributed by atoms with Crippen molar-refractivity contribution in [3.63, 3.8) is 0 Å². The number of hydrogen-bond acceptors (Lipinski definition) is 7. The van der Waals surface area contributed by atoms with E-state index in [-0.39, 0.29) is 6.61 Å². The summed E-state index contributed by atoms with van der Waals surface area (Å²) in [6.07, 6.45) is 2.92. The molecule has 2 aromatic carbocycles. The quantitative estimate of drug-likeness (QED) is 0.627. The Morgan fingerprint density at radius 2 is 1.90 bits per heavy atom. The summed E-state index contributed by atoms with van der Waals surface area (Å²) < 4.78 is 11.3. The van der Waals surface area contributed by atoms with Gasteiger partial charge < -0.3 is 14.6 Å².